The van der Waals surface area contributed by atoms with Crippen LogP contribution in [0.1, 0.15) is 23.7 Å². The Kier molecular flexibility index (Phi) is 4.37. The second kappa shape index (κ2) is 5.56. The van der Waals surface area contributed by atoms with E-state index in [4.69, 9.17) is 4.74 Å². The standard InChI is InChI=1S/C11H12F2O2/c1-2-15-6-5-11(14)8-3-4-9(12)10(13)7-8/h3-4,7H,2,5-6H2,1H3. The van der Waals surface area contributed by atoms with Crippen molar-refractivity contribution in [2.75, 3.05) is 13.2 Å². The molecule has 0 amide bonds. The van der Waals surface area contributed by atoms with Crippen LogP contribution in [-0.2, 0) is 4.74 Å². The average Bonchev–Trinajstić information content (AvgIpc) is 2.22. The Hall–Kier alpha value is -1.29. The van der Waals surface area contributed by atoms with E-state index < -0.39 is 11.6 Å². The first-order chi connectivity index (χ1) is 7.15. The van der Waals surface area contributed by atoms with Crippen molar-refractivity contribution in [3.63, 3.8) is 0 Å². The van der Waals surface area contributed by atoms with Crippen LogP contribution in [0.25, 0.3) is 0 Å². The molecule has 2 nitrogen and oxygen atoms in total. The van der Waals surface area contributed by atoms with Crippen LogP contribution in [-0.4, -0.2) is 19.0 Å². The first-order valence-electron chi connectivity index (χ1n) is 4.71. The van der Waals surface area contributed by atoms with E-state index in [0.717, 1.165) is 12.1 Å². The van der Waals surface area contributed by atoms with E-state index >= 15 is 0 Å². The van der Waals surface area contributed by atoms with Crippen molar-refractivity contribution < 1.29 is 18.3 Å². The van der Waals surface area contributed by atoms with Gasteiger partial charge in [-0.25, -0.2) is 8.78 Å². The Labute approximate surface area is 86.9 Å². The van der Waals surface area contributed by atoms with Gasteiger partial charge in [0, 0.05) is 18.6 Å². The van der Waals surface area contributed by atoms with Crippen molar-refractivity contribution in [1.29, 1.82) is 0 Å². The lowest BCUT2D eigenvalue weighted by molar-refractivity contribution is 0.0895. The number of rotatable bonds is 5. The van der Waals surface area contributed by atoms with Crippen molar-refractivity contribution in [3.05, 3.63) is 35.4 Å². The van der Waals surface area contributed by atoms with Crippen LogP contribution >= 0.6 is 0 Å². The monoisotopic (exact) mass is 214 g/mol. The summed E-state index contributed by atoms with van der Waals surface area (Å²) in [5.41, 5.74) is 0.175. The van der Waals surface area contributed by atoms with Crippen LogP contribution in [0.5, 0.6) is 0 Å². The highest BCUT2D eigenvalue weighted by Crippen LogP contribution is 2.10. The summed E-state index contributed by atoms with van der Waals surface area (Å²) in [4.78, 5) is 11.4. The molecule has 0 heterocycles. The van der Waals surface area contributed by atoms with E-state index in [1.54, 1.807) is 0 Å². The molecule has 0 spiro atoms. The molecule has 0 N–H and O–H groups in total. The fourth-order valence-electron chi connectivity index (χ4n) is 1.12. The number of hydrogen-bond donors (Lipinski definition) is 0. The van der Waals surface area contributed by atoms with Gasteiger partial charge < -0.3 is 4.74 Å². The first-order valence-corrected chi connectivity index (χ1v) is 4.71. The molecule has 0 aliphatic heterocycles. The molecule has 15 heavy (non-hydrogen) atoms. The van der Waals surface area contributed by atoms with Crippen molar-refractivity contribution in [1.82, 2.24) is 0 Å². The molecule has 0 saturated carbocycles. The summed E-state index contributed by atoms with van der Waals surface area (Å²) in [7, 11) is 0. The van der Waals surface area contributed by atoms with E-state index in [2.05, 4.69) is 0 Å². The van der Waals surface area contributed by atoms with Gasteiger partial charge in [-0.1, -0.05) is 0 Å². The Morgan fingerprint density at radius 3 is 2.67 bits per heavy atom. The highest BCUT2D eigenvalue weighted by atomic mass is 19.2. The number of carbonyl (C=O) groups is 1. The molecule has 0 unspecified atom stereocenters. The number of carbonyl (C=O) groups excluding carboxylic acids is 1. The lowest BCUT2D eigenvalue weighted by Gasteiger charge is -2.02. The van der Waals surface area contributed by atoms with Gasteiger partial charge >= 0.3 is 0 Å². The Morgan fingerprint density at radius 1 is 1.33 bits per heavy atom. The third-order valence-electron chi connectivity index (χ3n) is 1.92. The number of ketones is 1. The Bertz CT molecular complexity index is 350. The summed E-state index contributed by atoms with van der Waals surface area (Å²) >= 11 is 0. The molecule has 0 aromatic heterocycles. The first kappa shape index (κ1) is 11.8. The van der Waals surface area contributed by atoms with E-state index in [9.17, 15) is 13.6 Å². The van der Waals surface area contributed by atoms with Gasteiger partial charge in [-0.15, -0.1) is 0 Å². The molecule has 0 aliphatic rings. The average molecular weight is 214 g/mol. The van der Waals surface area contributed by atoms with Gasteiger partial charge in [0.1, 0.15) is 0 Å². The molecule has 0 fully saturated rings. The molecule has 0 radical (unpaired) electrons. The predicted molar refractivity (Wildman–Crippen MR) is 51.8 cm³/mol. The van der Waals surface area contributed by atoms with Gasteiger partial charge in [0.15, 0.2) is 17.4 Å². The van der Waals surface area contributed by atoms with Gasteiger partial charge in [0.25, 0.3) is 0 Å². The van der Waals surface area contributed by atoms with Crippen molar-refractivity contribution in [3.8, 4) is 0 Å². The van der Waals surface area contributed by atoms with Crippen LogP contribution in [0.2, 0.25) is 0 Å². The molecule has 4 heteroatoms. The summed E-state index contributed by atoms with van der Waals surface area (Å²) in [6, 6.07) is 3.12. The normalized spacial score (nSPS) is 10.3. The number of hydrogen-bond acceptors (Lipinski definition) is 2. The molecule has 1 aromatic rings. The maximum absolute atomic E-state index is 12.8. The van der Waals surface area contributed by atoms with Crippen LogP contribution in [0.4, 0.5) is 8.78 Å². The third-order valence-corrected chi connectivity index (χ3v) is 1.92. The molecule has 82 valence electrons. The van der Waals surface area contributed by atoms with Crippen LogP contribution < -0.4 is 0 Å². The zero-order valence-corrected chi connectivity index (χ0v) is 8.43. The maximum atomic E-state index is 12.8. The van der Waals surface area contributed by atoms with Gasteiger partial charge in [-0.3, -0.25) is 4.79 Å². The highest BCUT2D eigenvalue weighted by Gasteiger charge is 2.09. The molecule has 0 atom stereocenters. The quantitative estimate of drug-likeness (QED) is 0.556. The minimum absolute atomic E-state index is 0.175. The van der Waals surface area contributed by atoms with Gasteiger partial charge in [-0.05, 0) is 25.1 Å². The number of benzene rings is 1. The summed E-state index contributed by atoms with van der Waals surface area (Å²) in [6.07, 6.45) is 0.179. The van der Waals surface area contributed by atoms with Crippen LogP contribution in [0.15, 0.2) is 18.2 Å². The Balaban J connectivity index is 2.62. The maximum Gasteiger partial charge on any atom is 0.165 e. The fourth-order valence-corrected chi connectivity index (χ4v) is 1.12. The molecular weight excluding hydrogens is 202 g/mol. The molecule has 0 aliphatic carbocycles. The SMILES string of the molecule is CCOCCC(=O)c1ccc(F)c(F)c1. The number of ether oxygens (including phenoxy) is 1. The largest absolute Gasteiger partial charge is 0.381 e. The van der Waals surface area contributed by atoms with Crippen molar-refractivity contribution in [2.45, 2.75) is 13.3 Å². The zero-order valence-electron chi connectivity index (χ0n) is 8.43. The number of Topliss-reactive ketones (excluding diaryl/α,β-unsaturated/α-hetero) is 1. The minimum Gasteiger partial charge on any atom is -0.381 e. The summed E-state index contributed by atoms with van der Waals surface area (Å²) in [5.74, 6) is -2.20. The van der Waals surface area contributed by atoms with E-state index in [1.165, 1.54) is 6.07 Å². The van der Waals surface area contributed by atoms with Gasteiger partial charge in [0.05, 0.1) is 6.61 Å². The number of halogens is 2. The van der Waals surface area contributed by atoms with Crippen molar-refractivity contribution in [2.24, 2.45) is 0 Å². The van der Waals surface area contributed by atoms with Crippen LogP contribution in [0.3, 0.4) is 0 Å². The summed E-state index contributed by atoms with van der Waals surface area (Å²) in [5, 5.41) is 0. The van der Waals surface area contributed by atoms with Crippen LogP contribution in [0, 0.1) is 11.6 Å². The Morgan fingerprint density at radius 2 is 2.07 bits per heavy atom. The van der Waals surface area contributed by atoms with E-state index in [0.29, 0.717) is 13.2 Å². The highest BCUT2D eigenvalue weighted by molar-refractivity contribution is 5.96. The van der Waals surface area contributed by atoms with Crippen molar-refractivity contribution >= 4 is 5.78 Å². The molecule has 1 aromatic carbocycles. The fraction of sp³-hybridized carbons (Fsp3) is 0.364. The van der Waals surface area contributed by atoms with E-state index in [-0.39, 0.29) is 17.8 Å². The minimum atomic E-state index is -1.00. The zero-order chi connectivity index (χ0) is 11.3. The molecule has 0 bridgehead atoms. The predicted octanol–water partition coefficient (Wildman–Crippen LogP) is 2.57. The summed E-state index contributed by atoms with van der Waals surface area (Å²) in [6.45, 7) is 2.65. The molecule has 0 saturated heterocycles. The summed E-state index contributed by atoms with van der Waals surface area (Å²) < 4.78 is 30.3. The molecule has 1 rings (SSSR count). The second-order valence-corrected chi connectivity index (χ2v) is 3.00. The van der Waals surface area contributed by atoms with E-state index in [1.807, 2.05) is 6.92 Å². The van der Waals surface area contributed by atoms with Gasteiger partial charge in [0.2, 0.25) is 0 Å². The molecular formula is C11H12F2O2. The topological polar surface area (TPSA) is 26.3 Å². The lowest BCUT2D eigenvalue weighted by atomic mass is 10.1. The third kappa shape index (κ3) is 3.40. The smallest absolute Gasteiger partial charge is 0.165 e. The van der Waals surface area contributed by atoms with Gasteiger partial charge in [-0.2, -0.15) is 0 Å². The second-order valence-electron chi connectivity index (χ2n) is 3.00. The lowest BCUT2D eigenvalue weighted by Crippen LogP contribution is -2.05.